The third-order valence-corrected chi connectivity index (χ3v) is 1.92. The summed E-state index contributed by atoms with van der Waals surface area (Å²) in [6, 6.07) is -0.457. The molecule has 0 spiro atoms. The van der Waals surface area contributed by atoms with Crippen molar-refractivity contribution in [2.45, 2.75) is 13.0 Å². The van der Waals surface area contributed by atoms with E-state index in [9.17, 15) is 0 Å². The van der Waals surface area contributed by atoms with Crippen LogP contribution in [0.1, 0.15) is 17.9 Å². The van der Waals surface area contributed by atoms with Crippen LogP contribution >= 0.6 is 0 Å². The minimum atomic E-state index is -2.79. The maximum Gasteiger partial charge on any atom is 0.0653 e. The van der Waals surface area contributed by atoms with Gasteiger partial charge in [0.25, 0.3) is 0 Å². The minimum absolute atomic E-state index is 0.116. The highest BCUT2D eigenvalue weighted by Gasteiger charge is 2.19. The van der Waals surface area contributed by atoms with E-state index < -0.39 is 32.0 Å². The Labute approximate surface area is 90.6 Å². The van der Waals surface area contributed by atoms with Crippen molar-refractivity contribution in [2.75, 3.05) is 32.7 Å². The molecule has 1 fully saturated rings. The second kappa shape index (κ2) is 3.98. The fourth-order valence-electron chi connectivity index (χ4n) is 1.21. The molecular formula is C9H18N4. The maximum absolute atomic E-state index is 8.00. The topological polar surface area (TPSA) is 39.3 Å². The van der Waals surface area contributed by atoms with E-state index in [1.165, 1.54) is 6.20 Å². The number of nitrogens with zero attached hydrogens (tertiary/aromatic N) is 1. The fourth-order valence-corrected chi connectivity index (χ4v) is 1.21. The Morgan fingerprint density at radius 2 is 2.31 bits per heavy atom. The summed E-state index contributed by atoms with van der Waals surface area (Å²) >= 11 is 0. The average molecular weight is 190 g/mol. The first-order valence-corrected chi connectivity index (χ1v) is 4.11. The van der Waals surface area contributed by atoms with Gasteiger partial charge in [-0.15, -0.1) is 0 Å². The van der Waals surface area contributed by atoms with Gasteiger partial charge in [0.1, 0.15) is 0 Å². The van der Waals surface area contributed by atoms with Crippen LogP contribution in [0.25, 0.3) is 0 Å². The Kier molecular flexibility index (Phi) is 1.05. The summed E-state index contributed by atoms with van der Waals surface area (Å²) in [7, 11) is 0. The quantitative estimate of drug-likeness (QED) is 0.510. The van der Waals surface area contributed by atoms with Crippen LogP contribution in [0.5, 0.6) is 0 Å². The predicted octanol–water partition coefficient (Wildman–Crippen LogP) is -0.728. The molecule has 1 atom stereocenters. The van der Waals surface area contributed by atoms with Gasteiger partial charge < -0.3 is 15.5 Å². The molecule has 2 aliphatic heterocycles. The second-order valence-electron chi connectivity index (χ2n) is 2.81. The van der Waals surface area contributed by atoms with Gasteiger partial charge in [-0.25, -0.2) is 0 Å². The lowest BCUT2D eigenvalue weighted by Crippen LogP contribution is -2.50. The Balaban J connectivity index is 2.59. The third-order valence-electron chi connectivity index (χ3n) is 1.92. The molecule has 3 N–H and O–H groups in total. The van der Waals surface area contributed by atoms with E-state index in [2.05, 4.69) is 10.6 Å². The van der Waals surface area contributed by atoms with E-state index >= 15 is 0 Å². The molecule has 2 heterocycles. The van der Waals surface area contributed by atoms with Crippen molar-refractivity contribution >= 4 is 0 Å². The van der Waals surface area contributed by atoms with Crippen LogP contribution in [0.4, 0.5) is 0 Å². The molecular weight excluding hydrogens is 164 g/mol. The van der Waals surface area contributed by atoms with E-state index in [-0.39, 0.29) is 5.70 Å². The molecule has 0 aromatic carbocycles. The molecule has 0 aromatic heterocycles. The molecule has 13 heavy (non-hydrogen) atoms. The summed E-state index contributed by atoms with van der Waals surface area (Å²) in [4.78, 5) is 0.542. The van der Waals surface area contributed by atoms with Gasteiger partial charge in [-0.1, -0.05) is 0 Å². The molecule has 2 aliphatic rings. The highest BCUT2D eigenvalue weighted by atomic mass is 15.2. The zero-order chi connectivity index (χ0) is 16.3. The maximum atomic E-state index is 8.00. The number of hydrogen-bond acceptors (Lipinski definition) is 4. The molecule has 0 saturated carbocycles. The van der Waals surface area contributed by atoms with Crippen LogP contribution in [0.15, 0.2) is 11.9 Å². The molecule has 2 rings (SSSR count). The van der Waals surface area contributed by atoms with E-state index in [4.69, 9.17) is 11.0 Å². The number of nitrogens with one attached hydrogen (secondary N) is 3. The lowest BCUT2D eigenvalue weighted by atomic mass is 10.2. The summed E-state index contributed by atoms with van der Waals surface area (Å²) in [5.41, 5.74) is 0.116. The zero-order valence-electron chi connectivity index (χ0n) is 15.3. The first kappa shape index (κ1) is 3.44. The van der Waals surface area contributed by atoms with Gasteiger partial charge >= 0.3 is 0 Å². The summed E-state index contributed by atoms with van der Waals surface area (Å²) in [6.45, 7) is -9.06. The van der Waals surface area contributed by atoms with Gasteiger partial charge in [-0.05, 0) is 6.92 Å². The van der Waals surface area contributed by atoms with Gasteiger partial charge in [-0.2, -0.15) is 0 Å². The molecule has 74 valence electrons. The van der Waals surface area contributed by atoms with Crippen molar-refractivity contribution in [3.8, 4) is 0 Å². The molecule has 4 heteroatoms. The summed E-state index contributed by atoms with van der Waals surface area (Å²) in [5, 5.41) is 7.52. The highest BCUT2D eigenvalue weighted by molar-refractivity contribution is 5.11. The van der Waals surface area contributed by atoms with Crippen LogP contribution in [0.3, 0.4) is 0 Å². The monoisotopic (exact) mass is 190 g/mol. The van der Waals surface area contributed by atoms with Crippen LogP contribution in [-0.2, 0) is 0 Å². The normalized spacial score (nSPS) is 54.1. The Morgan fingerprint density at radius 3 is 3.00 bits per heavy atom. The van der Waals surface area contributed by atoms with Crippen LogP contribution in [0, 0.1) is 0 Å². The van der Waals surface area contributed by atoms with Gasteiger partial charge in [-0.3, -0.25) is 5.32 Å². The molecule has 0 aliphatic carbocycles. The van der Waals surface area contributed by atoms with Crippen LogP contribution in [-0.4, -0.2) is 43.6 Å². The fraction of sp³-hybridized carbons (Fsp3) is 0.778. The minimum Gasteiger partial charge on any atom is -0.377 e. The van der Waals surface area contributed by atoms with E-state index in [1.54, 1.807) is 12.2 Å². The molecule has 0 bridgehead atoms. The first-order valence-electron chi connectivity index (χ1n) is 8.11. The molecule has 0 unspecified atom stereocenters. The average Bonchev–Trinajstić information content (AvgIpc) is 2.28. The Bertz CT molecular complexity index is 437. The van der Waals surface area contributed by atoms with Crippen molar-refractivity contribution in [1.29, 1.82) is 0 Å². The molecule has 1 saturated heterocycles. The standard InChI is InChI=1S/C9H18N4/c1-8-9(6-11-7-12-8)13-4-2-10-3-5-13/h6,8,10-12H,2-5,7H2,1H3/t8-/m0/s1/i2D2,3D2,4D2,5D2. The molecule has 0 amide bonds. The summed E-state index contributed by atoms with van der Waals surface area (Å²) < 4.78 is 62.9. The highest BCUT2D eigenvalue weighted by Crippen LogP contribution is 2.11. The number of rotatable bonds is 1. The Hall–Kier alpha value is -0.740. The van der Waals surface area contributed by atoms with E-state index in [0.717, 1.165) is 0 Å². The van der Waals surface area contributed by atoms with Crippen LogP contribution < -0.4 is 16.0 Å². The van der Waals surface area contributed by atoms with Crippen molar-refractivity contribution in [2.24, 2.45) is 0 Å². The van der Waals surface area contributed by atoms with E-state index in [0.29, 0.717) is 11.6 Å². The summed E-state index contributed by atoms with van der Waals surface area (Å²) in [5.74, 6) is 0. The largest absolute Gasteiger partial charge is 0.377 e. The van der Waals surface area contributed by atoms with Crippen molar-refractivity contribution in [3.05, 3.63) is 11.9 Å². The van der Waals surface area contributed by atoms with Crippen LogP contribution in [0.2, 0.25) is 0 Å². The molecule has 0 radical (unpaired) electrons. The summed E-state index contributed by atoms with van der Waals surface area (Å²) in [6.07, 6.45) is 1.38. The SMILES string of the molecule is [2H]C1([2H])NC([2H])([2H])C([2H])([2H])N(C2=CNCN[C@H]2C)C1([2H])[2H]. The Morgan fingerprint density at radius 1 is 1.54 bits per heavy atom. The predicted molar refractivity (Wildman–Crippen MR) is 53.1 cm³/mol. The lowest BCUT2D eigenvalue weighted by molar-refractivity contribution is 0.267. The number of piperazine rings is 1. The zero-order valence-corrected chi connectivity index (χ0v) is 7.31. The second-order valence-corrected chi connectivity index (χ2v) is 2.81. The third kappa shape index (κ3) is 1.95. The van der Waals surface area contributed by atoms with Crippen molar-refractivity contribution < 1.29 is 11.0 Å². The van der Waals surface area contributed by atoms with Gasteiger partial charge in [0.05, 0.1) is 12.2 Å². The smallest absolute Gasteiger partial charge is 0.0653 e. The van der Waals surface area contributed by atoms with Gasteiger partial charge in [0, 0.05) is 49.4 Å². The lowest BCUT2D eigenvalue weighted by Gasteiger charge is -2.36. The van der Waals surface area contributed by atoms with Gasteiger partial charge in [0.2, 0.25) is 0 Å². The molecule has 4 nitrogen and oxygen atoms in total. The van der Waals surface area contributed by atoms with Gasteiger partial charge in [0.15, 0.2) is 0 Å². The first-order chi connectivity index (χ1) is 9.34. The molecule has 0 aromatic rings. The number of hydrogen-bond donors (Lipinski definition) is 3. The van der Waals surface area contributed by atoms with E-state index in [1.807, 2.05) is 0 Å². The van der Waals surface area contributed by atoms with Crippen molar-refractivity contribution in [1.82, 2.24) is 20.9 Å². The van der Waals surface area contributed by atoms with Crippen molar-refractivity contribution in [3.63, 3.8) is 0 Å².